The highest BCUT2D eigenvalue weighted by Crippen LogP contribution is 2.57. The van der Waals surface area contributed by atoms with E-state index in [2.05, 4.69) is 20.7 Å². The van der Waals surface area contributed by atoms with Crippen molar-refractivity contribution in [2.45, 2.75) is 70.3 Å². The van der Waals surface area contributed by atoms with Gasteiger partial charge in [-0.15, -0.1) is 13.2 Å². The molecule has 0 N–H and O–H groups in total. The van der Waals surface area contributed by atoms with Gasteiger partial charge < -0.3 is 9.47 Å². The predicted molar refractivity (Wildman–Crippen MR) is 122 cm³/mol. The molecule has 0 radical (unpaired) electrons. The number of Topliss-reactive ketones (excluding diaryl/α,β-unsaturated/α-hetero) is 1. The molecule has 1 aromatic rings. The van der Waals surface area contributed by atoms with Crippen LogP contribution in [0, 0.1) is 35.5 Å². The number of carbonyl (C=O) groups is 2. The van der Waals surface area contributed by atoms with E-state index in [0.29, 0.717) is 35.4 Å². The van der Waals surface area contributed by atoms with Crippen LogP contribution in [0.1, 0.15) is 67.5 Å². The number of hydrogen-bond donors (Lipinski definition) is 0. The van der Waals surface area contributed by atoms with Gasteiger partial charge in [-0.05, 0) is 103 Å². The van der Waals surface area contributed by atoms with Crippen molar-refractivity contribution in [1.29, 1.82) is 0 Å². The first-order valence-electron chi connectivity index (χ1n) is 11.8. The SMILES string of the molecule is CO[C@H]1CCC2C(CCC3C4CCC(=O)C4CCC23)C1.O=Cc1cc(Br)c(OC(F)(F)F)s1. The van der Waals surface area contributed by atoms with Gasteiger partial charge in [-0.1, -0.05) is 11.3 Å². The minimum Gasteiger partial charge on any atom is -0.395 e. The Morgan fingerprint density at radius 1 is 1.03 bits per heavy atom. The van der Waals surface area contributed by atoms with Gasteiger partial charge >= 0.3 is 6.36 Å². The topological polar surface area (TPSA) is 52.6 Å². The lowest BCUT2D eigenvalue weighted by atomic mass is 9.53. The molecule has 0 saturated heterocycles. The molecule has 7 atom stereocenters. The highest BCUT2D eigenvalue weighted by molar-refractivity contribution is 9.10. The number of methoxy groups -OCH3 is 1. The van der Waals surface area contributed by atoms with Crippen molar-refractivity contribution in [1.82, 2.24) is 0 Å². The zero-order chi connectivity index (χ0) is 23.8. The third-order valence-corrected chi connectivity index (χ3v) is 10.1. The fourth-order valence-electron chi connectivity index (χ4n) is 7.05. The Morgan fingerprint density at radius 3 is 2.39 bits per heavy atom. The summed E-state index contributed by atoms with van der Waals surface area (Å²) >= 11 is 3.47. The molecular weight excluding hydrogens is 521 g/mol. The van der Waals surface area contributed by atoms with E-state index in [1.165, 1.54) is 57.4 Å². The fraction of sp³-hybridized carbons (Fsp3) is 0.750. The molecule has 4 nitrogen and oxygen atoms in total. The number of ether oxygens (including phenoxy) is 2. The summed E-state index contributed by atoms with van der Waals surface area (Å²) in [5.41, 5.74) is 0. The normalized spacial score (nSPS) is 35.5. The third kappa shape index (κ3) is 5.67. The average Bonchev–Trinajstić information content (AvgIpc) is 3.34. The average molecular weight is 551 g/mol. The first-order valence-corrected chi connectivity index (χ1v) is 13.4. The molecule has 0 amide bonds. The van der Waals surface area contributed by atoms with Crippen LogP contribution in [0.25, 0.3) is 0 Å². The minimum absolute atomic E-state index is 0.122. The van der Waals surface area contributed by atoms with Crippen LogP contribution >= 0.6 is 27.3 Å². The molecule has 0 bridgehead atoms. The molecule has 33 heavy (non-hydrogen) atoms. The summed E-state index contributed by atoms with van der Waals surface area (Å²) in [5, 5.41) is -0.366. The van der Waals surface area contributed by atoms with E-state index in [-0.39, 0.29) is 14.4 Å². The first-order chi connectivity index (χ1) is 15.7. The Kier molecular flexibility index (Phi) is 7.90. The zero-order valence-electron chi connectivity index (χ0n) is 18.6. The van der Waals surface area contributed by atoms with E-state index < -0.39 is 6.36 Å². The molecule has 0 spiro atoms. The number of halogens is 4. The summed E-state index contributed by atoms with van der Waals surface area (Å²) in [6.07, 6.45) is 7.67. The first kappa shape index (κ1) is 25.2. The van der Waals surface area contributed by atoms with Crippen LogP contribution in [-0.2, 0) is 9.53 Å². The van der Waals surface area contributed by atoms with Crippen molar-refractivity contribution in [2.24, 2.45) is 35.5 Å². The van der Waals surface area contributed by atoms with Gasteiger partial charge in [-0.25, -0.2) is 0 Å². The van der Waals surface area contributed by atoms with Gasteiger partial charge in [0.2, 0.25) is 0 Å². The Labute approximate surface area is 204 Å². The van der Waals surface area contributed by atoms with E-state index in [4.69, 9.17) is 4.74 Å². The van der Waals surface area contributed by atoms with Crippen LogP contribution < -0.4 is 4.74 Å². The maximum atomic E-state index is 12.0. The number of ketones is 1. The Hall–Kier alpha value is -0.930. The second-order valence-corrected chi connectivity index (χ2v) is 11.7. The van der Waals surface area contributed by atoms with Crippen molar-refractivity contribution in [3.05, 3.63) is 15.4 Å². The van der Waals surface area contributed by atoms with E-state index >= 15 is 0 Å². The Morgan fingerprint density at radius 2 is 1.73 bits per heavy atom. The predicted octanol–water partition coefficient (Wildman–Crippen LogP) is 7.05. The van der Waals surface area contributed by atoms with Gasteiger partial charge in [0.1, 0.15) is 5.78 Å². The van der Waals surface area contributed by atoms with Crippen LogP contribution in [0.3, 0.4) is 0 Å². The monoisotopic (exact) mass is 550 g/mol. The quantitative estimate of drug-likeness (QED) is 0.378. The highest BCUT2D eigenvalue weighted by Gasteiger charge is 2.51. The summed E-state index contributed by atoms with van der Waals surface area (Å²) in [7, 11) is 1.88. The lowest BCUT2D eigenvalue weighted by Gasteiger charge is -2.52. The number of fused-ring (bicyclic) bond motifs is 5. The van der Waals surface area contributed by atoms with E-state index in [9.17, 15) is 22.8 Å². The molecule has 6 unspecified atom stereocenters. The number of alkyl halides is 3. The van der Waals surface area contributed by atoms with Crippen molar-refractivity contribution < 1.29 is 32.2 Å². The van der Waals surface area contributed by atoms with Crippen molar-refractivity contribution in [3.8, 4) is 5.06 Å². The fourth-order valence-corrected chi connectivity index (χ4v) is 8.50. The third-order valence-electron chi connectivity index (χ3n) is 8.31. The molecule has 4 aliphatic rings. The summed E-state index contributed by atoms with van der Waals surface area (Å²) < 4.78 is 44.5. The molecule has 9 heteroatoms. The van der Waals surface area contributed by atoms with Gasteiger partial charge in [0.25, 0.3) is 0 Å². The van der Waals surface area contributed by atoms with E-state index in [1.54, 1.807) is 0 Å². The van der Waals surface area contributed by atoms with Crippen LogP contribution in [0.5, 0.6) is 5.06 Å². The van der Waals surface area contributed by atoms with Crippen LogP contribution in [0.4, 0.5) is 13.2 Å². The minimum atomic E-state index is -4.73. The molecule has 5 rings (SSSR count). The molecule has 184 valence electrons. The summed E-state index contributed by atoms with van der Waals surface area (Å²) in [6.45, 7) is 0. The van der Waals surface area contributed by atoms with Gasteiger partial charge in [0.15, 0.2) is 11.3 Å². The number of thiophene rings is 1. The number of rotatable bonds is 3. The Bertz CT molecular complexity index is 857. The molecule has 0 aliphatic heterocycles. The molecule has 4 saturated carbocycles. The summed E-state index contributed by atoms with van der Waals surface area (Å²) in [5.74, 6) is 5.53. The van der Waals surface area contributed by atoms with Gasteiger partial charge in [-0.3, -0.25) is 9.59 Å². The van der Waals surface area contributed by atoms with Crippen LogP contribution in [0.15, 0.2) is 10.5 Å². The zero-order valence-corrected chi connectivity index (χ0v) is 21.0. The van der Waals surface area contributed by atoms with Gasteiger partial charge in [0, 0.05) is 19.4 Å². The maximum Gasteiger partial charge on any atom is 0.573 e. The lowest BCUT2D eigenvalue weighted by molar-refractivity contribution is -0.273. The highest BCUT2D eigenvalue weighted by atomic mass is 79.9. The molecule has 1 heterocycles. The molecule has 0 aromatic carbocycles. The molecular formula is C24H30BrF3O4S. The van der Waals surface area contributed by atoms with Gasteiger partial charge in [-0.2, -0.15) is 0 Å². The second kappa shape index (κ2) is 10.4. The standard InChI is InChI=1S/C18H28O2.C6H2BrF3O2S/c1-20-12-3-5-13-11(10-12)2-4-15-14(13)6-7-17-16(15)8-9-18(17)19;7-4-1-3(2-11)13-5(4)12-6(8,9)10/h11-17H,2-10H2,1H3;1-2H/t11?,12-,13?,14?,15?,16?,17?;/m0./s1. The van der Waals surface area contributed by atoms with Crippen molar-refractivity contribution in [3.63, 3.8) is 0 Å². The van der Waals surface area contributed by atoms with E-state index in [0.717, 1.165) is 36.0 Å². The summed E-state index contributed by atoms with van der Waals surface area (Å²) in [6, 6.07) is 1.26. The van der Waals surface area contributed by atoms with Crippen molar-refractivity contribution in [2.75, 3.05) is 7.11 Å². The van der Waals surface area contributed by atoms with Crippen molar-refractivity contribution >= 4 is 39.3 Å². The Balaban J connectivity index is 0.000000174. The van der Waals surface area contributed by atoms with Crippen LogP contribution in [-0.4, -0.2) is 31.6 Å². The second-order valence-electron chi connectivity index (χ2n) is 9.80. The largest absolute Gasteiger partial charge is 0.573 e. The number of carbonyl (C=O) groups excluding carboxylic acids is 2. The molecule has 4 aliphatic carbocycles. The lowest BCUT2D eigenvalue weighted by Crippen LogP contribution is -2.46. The smallest absolute Gasteiger partial charge is 0.395 e. The van der Waals surface area contributed by atoms with E-state index in [1.807, 2.05) is 7.11 Å². The number of aldehydes is 1. The molecule has 1 aromatic heterocycles. The summed E-state index contributed by atoms with van der Waals surface area (Å²) in [4.78, 5) is 22.4. The maximum absolute atomic E-state index is 12.0. The number of hydrogen-bond acceptors (Lipinski definition) is 5. The van der Waals surface area contributed by atoms with Gasteiger partial charge in [0.05, 0.1) is 15.5 Å². The molecule has 4 fully saturated rings. The van der Waals surface area contributed by atoms with Crippen LogP contribution in [0.2, 0.25) is 0 Å².